The predicted molar refractivity (Wildman–Crippen MR) is 91.0 cm³/mol. The largest absolute Gasteiger partial charge is 0.461 e. The third-order valence-electron chi connectivity index (χ3n) is 3.93. The average Bonchev–Trinajstić information content (AvgIpc) is 2.92. The van der Waals surface area contributed by atoms with Crippen molar-refractivity contribution in [1.82, 2.24) is 4.72 Å². The lowest BCUT2D eigenvalue weighted by atomic mass is 10.1. The fourth-order valence-electron chi connectivity index (χ4n) is 2.43. The van der Waals surface area contributed by atoms with Crippen molar-refractivity contribution in [2.75, 3.05) is 6.54 Å². The van der Waals surface area contributed by atoms with Crippen molar-refractivity contribution in [3.63, 3.8) is 0 Å². The van der Waals surface area contributed by atoms with E-state index in [0.717, 1.165) is 27.9 Å². The number of sulfonamides is 1. The third kappa shape index (κ3) is 3.46. The molecule has 0 amide bonds. The summed E-state index contributed by atoms with van der Waals surface area (Å²) in [5, 5.41) is 1.03. The molecule has 3 rings (SSSR count). The number of nitrogens with one attached hydrogen (secondary N) is 1. The highest BCUT2D eigenvalue weighted by Crippen LogP contribution is 2.19. The Bertz CT molecular complexity index is 909. The van der Waals surface area contributed by atoms with E-state index in [4.69, 9.17) is 4.42 Å². The maximum Gasteiger partial charge on any atom is 0.240 e. The van der Waals surface area contributed by atoms with Crippen LogP contribution in [0, 0.1) is 13.8 Å². The van der Waals surface area contributed by atoms with Gasteiger partial charge in [-0.05, 0) is 49.2 Å². The molecule has 0 unspecified atom stereocenters. The van der Waals surface area contributed by atoms with Gasteiger partial charge in [0, 0.05) is 18.4 Å². The highest BCUT2D eigenvalue weighted by Gasteiger charge is 2.14. The van der Waals surface area contributed by atoms with Crippen LogP contribution in [0.1, 0.15) is 16.9 Å². The Morgan fingerprint density at radius 2 is 1.78 bits per heavy atom. The molecule has 4 nitrogen and oxygen atoms in total. The minimum Gasteiger partial charge on any atom is -0.461 e. The maximum absolute atomic E-state index is 12.3. The van der Waals surface area contributed by atoms with Gasteiger partial charge in [0.05, 0.1) is 4.90 Å². The van der Waals surface area contributed by atoms with E-state index in [1.54, 1.807) is 12.1 Å². The summed E-state index contributed by atoms with van der Waals surface area (Å²) in [4.78, 5) is 0.296. The third-order valence-corrected chi connectivity index (χ3v) is 5.39. The fourth-order valence-corrected chi connectivity index (χ4v) is 3.55. The zero-order chi connectivity index (χ0) is 16.4. The van der Waals surface area contributed by atoms with Gasteiger partial charge in [-0.15, -0.1) is 0 Å². The first-order chi connectivity index (χ1) is 11.0. The first-order valence-electron chi connectivity index (χ1n) is 7.50. The van der Waals surface area contributed by atoms with Gasteiger partial charge in [-0.3, -0.25) is 0 Å². The Hall–Kier alpha value is -2.11. The van der Waals surface area contributed by atoms with Gasteiger partial charge in [-0.1, -0.05) is 24.3 Å². The van der Waals surface area contributed by atoms with Crippen molar-refractivity contribution in [3.8, 4) is 0 Å². The van der Waals surface area contributed by atoms with Crippen LogP contribution in [-0.2, 0) is 16.4 Å². The molecule has 3 aromatic rings. The number of benzene rings is 2. The fraction of sp³-hybridized carbons (Fsp3) is 0.222. The van der Waals surface area contributed by atoms with E-state index in [9.17, 15) is 8.42 Å². The summed E-state index contributed by atoms with van der Waals surface area (Å²) < 4.78 is 32.9. The van der Waals surface area contributed by atoms with Crippen LogP contribution in [0.2, 0.25) is 0 Å². The average molecular weight is 329 g/mol. The maximum atomic E-state index is 12.3. The topological polar surface area (TPSA) is 59.3 Å². The Balaban J connectivity index is 1.68. The predicted octanol–water partition coefficient (Wildman–Crippen LogP) is 3.57. The molecule has 0 spiro atoms. The monoisotopic (exact) mass is 329 g/mol. The minimum absolute atomic E-state index is 0.296. The summed E-state index contributed by atoms with van der Waals surface area (Å²) in [6.07, 6.45) is 0.513. The van der Waals surface area contributed by atoms with Gasteiger partial charge in [0.1, 0.15) is 11.3 Å². The van der Waals surface area contributed by atoms with Crippen LogP contribution >= 0.6 is 0 Å². The SMILES string of the molecule is Cc1ccc(S(=O)(=O)NCCc2cc3ccccc3o2)cc1C. The summed E-state index contributed by atoms with van der Waals surface area (Å²) in [6, 6.07) is 14.8. The molecule has 1 aromatic heterocycles. The van der Waals surface area contributed by atoms with Gasteiger partial charge in [0.2, 0.25) is 10.0 Å². The number of hydrogen-bond donors (Lipinski definition) is 1. The lowest BCUT2D eigenvalue weighted by Crippen LogP contribution is -2.26. The van der Waals surface area contributed by atoms with Crippen LogP contribution in [0.5, 0.6) is 0 Å². The zero-order valence-electron chi connectivity index (χ0n) is 13.2. The van der Waals surface area contributed by atoms with Gasteiger partial charge in [0.15, 0.2) is 0 Å². The molecule has 1 heterocycles. The molecular formula is C18H19NO3S. The van der Waals surface area contributed by atoms with Crippen LogP contribution in [0.3, 0.4) is 0 Å². The molecule has 0 fully saturated rings. The van der Waals surface area contributed by atoms with Crippen molar-refractivity contribution >= 4 is 21.0 Å². The molecule has 0 aliphatic heterocycles. The first-order valence-corrected chi connectivity index (χ1v) is 8.98. The highest BCUT2D eigenvalue weighted by atomic mass is 32.2. The zero-order valence-corrected chi connectivity index (χ0v) is 14.0. The molecule has 1 N–H and O–H groups in total. The second kappa shape index (κ2) is 6.18. The van der Waals surface area contributed by atoms with E-state index in [2.05, 4.69) is 4.72 Å². The minimum atomic E-state index is -3.49. The summed E-state index contributed by atoms with van der Waals surface area (Å²) >= 11 is 0. The molecule has 0 radical (unpaired) electrons. The molecule has 23 heavy (non-hydrogen) atoms. The number of hydrogen-bond acceptors (Lipinski definition) is 3. The van der Waals surface area contributed by atoms with Crippen molar-refractivity contribution < 1.29 is 12.8 Å². The highest BCUT2D eigenvalue weighted by molar-refractivity contribution is 7.89. The Morgan fingerprint density at radius 3 is 2.52 bits per heavy atom. The number of para-hydroxylation sites is 1. The lowest BCUT2D eigenvalue weighted by molar-refractivity contribution is 0.540. The lowest BCUT2D eigenvalue weighted by Gasteiger charge is -2.08. The summed E-state index contributed by atoms with van der Waals surface area (Å²) in [7, 11) is -3.49. The van der Waals surface area contributed by atoms with Gasteiger partial charge < -0.3 is 4.42 Å². The summed E-state index contributed by atoms with van der Waals surface area (Å²) in [6.45, 7) is 4.17. The van der Waals surface area contributed by atoms with Crippen LogP contribution in [0.15, 0.2) is 57.8 Å². The summed E-state index contributed by atoms with van der Waals surface area (Å²) in [5.74, 6) is 0.772. The molecule has 0 bridgehead atoms. The van der Waals surface area contributed by atoms with Crippen LogP contribution in [0.25, 0.3) is 11.0 Å². The van der Waals surface area contributed by atoms with Crippen molar-refractivity contribution in [2.24, 2.45) is 0 Å². The smallest absolute Gasteiger partial charge is 0.240 e. The van der Waals surface area contributed by atoms with Crippen molar-refractivity contribution in [2.45, 2.75) is 25.2 Å². The van der Waals surface area contributed by atoms with E-state index in [1.807, 2.05) is 50.2 Å². The Kier molecular flexibility index (Phi) is 4.24. The Labute approximate surface area is 136 Å². The van der Waals surface area contributed by atoms with Crippen LogP contribution in [-0.4, -0.2) is 15.0 Å². The second-order valence-corrected chi connectivity index (χ2v) is 7.41. The summed E-state index contributed by atoms with van der Waals surface area (Å²) in [5.41, 5.74) is 2.86. The standard InChI is InChI=1S/C18H19NO3S/c1-13-7-8-17(11-14(13)2)23(20,21)19-10-9-16-12-15-5-3-4-6-18(15)22-16/h3-8,11-12,19H,9-10H2,1-2H3. The quantitative estimate of drug-likeness (QED) is 0.778. The molecule has 0 atom stereocenters. The van der Waals surface area contributed by atoms with E-state index >= 15 is 0 Å². The molecule has 0 saturated heterocycles. The number of fused-ring (bicyclic) bond motifs is 1. The molecule has 0 aliphatic carbocycles. The van der Waals surface area contributed by atoms with E-state index in [1.165, 1.54) is 0 Å². The van der Waals surface area contributed by atoms with Crippen molar-refractivity contribution in [3.05, 3.63) is 65.4 Å². The van der Waals surface area contributed by atoms with Crippen LogP contribution in [0.4, 0.5) is 0 Å². The van der Waals surface area contributed by atoms with E-state index in [-0.39, 0.29) is 0 Å². The number of aryl methyl sites for hydroxylation is 2. The molecule has 5 heteroatoms. The number of furan rings is 1. The second-order valence-electron chi connectivity index (χ2n) is 5.64. The number of rotatable bonds is 5. The molecule has 0 saturated carbocycles. The van der Waals surface area contributed by atoms with Gasteiger partial charge in [-0.2, -0.15) is 0 Å². The van der Waals surface area contributed by atoms with Crippen LogP contribution < -0.4 is 4.72 Å². The van der Waals surface area contributed by atoms with Gasteiger partial charge in [-0.25, -0.2) is 13.1 Å². The van der Waals surface area contributed by atoms with E-state index in [0.29, 0.717) is 17.9 Å². The van der Waals surface area contributed by atoms with Crippen molar-refractivity contribution in [1.29, 1.82) is 0 Å². The molecule has 120 valence electrons. The first kappa shape index (κ1) is 15.8. The molecule has 0 aliphatic rings. The molecule has 2 aromatic carbocycles. The van der Waals surface area contributed by atoms with E-state index < -0.39 is 10.0 Å². The molecular weight excluding hydrogens is 310 g/mol. The van der Waals surface area contributed by atoms with Gasteiger partial charge >= 0.3 is 0 Å². The van der Waals surface area contributed by atoms with Gasteiger partial charge in [0.25, 0.3) is 0 Å². The normalized spacial score (nSPS) is 11.9. The Morgan fingerprint density at radius 1 is 1.00 bits per heavy atom.